The molecule has 3 heteroatoms. The van der Waals surface area contributed by atoms with E-state index in [2.05, 4.69) is 113 Å². The van der Waals surface area contributed by atoms with Gasteiger partial charge in [0, 0.05) is 5.41 Å². The number of hydrogen-bond acceptors (Lipinski definition) is 1. The third kappa shape index (κ3) is 3.99. The van der Waals surface area contributed by atoms with Crippen LogP contribution in [0.4, 0.5) is 0 Å². The smallest absolute Gasteiger partial charge is 0.336 e. The molecule has 198 valence electrons. The Morgan fingerprint density at radius 3 is 1.64 bits per heavy atom. The van der Waals surface area contributed by atoms with Crippen molar-refractivity contribution in [2.75, 3.05) is 0 Å². The number of aromatic carboxylic acids is 1. The predicted molar refractivity (Wildman–Crippen MR) is 164 cm³/mol. The molecule has 2 nitrogen and oxygen atoms in total. The predicted octanol–water partition coefficient (Wildman–Crippen LogP) is 7.41. The molecule has 6 rings (SSSR count). The van der Waals surface area contributed by atoms with E-state index in [-0.39, 0.29) is 16.2 Å². The van der Waals surface area contributed by atoms with Crippen LogP contribution in [0.2, 0.25) is 0 Å². The zero-order chi connectivity index (χ0) is 27.7. The first kappa shape index (κ1) is 26.0. The fraction of sp³-hybridized carbons (Fsp3) is 0.306. The SMILES string of the molecule is Cc1cc(C(=O)O)c2c(c1)C(C)(C)C[C@@]21CC(C)(C)c2cc(C)cc(P(c3ccccc3)c3ccccc3)c21. The average molecular weight is 533 g/mol. The van der Waals surface area contributed by atoms with Crippen molar-refractivity contribution in [1.82, 2.24) is 0 Å². The number of fused-ring (bicyclic) bond motifs is 4. The first-order valence-corrected chi connectivity index (χ1v) is 15.2. The van der Waals surface area contributed by atoms with Crippen LogP contribution in [0.1, 0.15) is 84.3 Å². The summed E-state index contributed by atoms with van der Waals surface area (Å²) < 4.78 is 0. The second kappa shape index (κ2) is 8.90. The summed E-state index contributed by atoms with van der Waals surface area (Å²) in [5, 5.41) is 14.6. The monoisotopic (exact) mass is 532 g/mol. The molecule has 0 heterocycles. The van der Waals surface area contributed by atoms with E-state index in [4.69, 9.17) is 0 Å². The maximum atomic E-state index is 12.9. The normalized spacial score (nSPS) is 20.3. The molecule has 39 heavy (non-hydrogen) atoms. The van der Waals surface area contributed by atoms with Gasteiger partial charge in [-0.1, -0.05) is 112 Å². The van der Waals surface area contributed by atoms with E-state index in [1.807, 2.05) is 13.0 Å². The zero-order valence-corrected chi connectivity index (χ0v) is 24.7. The summed E-state index contributed by atoms with van der Waals surface area (Å²) >= 11 is 0. The molecule has 0 amide bonds. The molecule has 2 aliphatic rings. The Balaban J connectivity index is 1.75. The summed E-state index contributed by atoms with van der Waals surface area (Å²) in [5.41, 5.74) is 7.24. The van der Waals surface area contributed by atoms with Crippen molar-refractivity contribution in [2.45, 2.75) is 70.6 Å². The van der Waals surface area contributed by atoms with Crippen LogP contribution in [-0.4, -0.2) is 11.1 Å². The summed E-state index contributed by atoms with van der Waals surface area (Å²) in [7, 11) is -0.847. The van der Waals surface area contributed by atoms with Gasteiger partial charge in [-0.2, -0.15) is 0 Å². The van der Waals surface area contributed by atoms with Crippen LogP contribution in [0.5, 0.6) is 0 Å². The third-order valence-corrected chi connectivity index (χ3v) is 11.4. The van der Waals surface area contributed by atoms with Crippen molar-refractivity contribution in [2.24, 2.45) is 0 Å². The van der Waals surface area contributed by atoms with Gasteiger partial charge in [0.1, 0.15) is 0 Å². The molecule has 1 atom stereocenters. The van der Waals surface area contributed by atoms with Crippen LogP contribution in [0.25, 0.3) is 0 Å². The highest BCUT2D eigenvalue weighted by Gasteiger charge is 2.58. The molecule has 1 N–H and O–H groups in total. The lowest BCUT2D eigenvalue weighted by Crippen LogP contribution is -2.34. The second-order valence-corrected chi connectivity index (χ2v) is 15.1. The fourth-order valence-corrected chi connectivity index (χ4v) is 10.5. The van der Waals surface area contributed by atoms with Crippen molar-refractivity contribution in [1.29, 1.82) is 0 Å². The molecule has 1 spiro atoms. The van der Waals surface area contributed by atoms with Crippen molar-refractivity contribution >= 4 is 29.8 Å². The number of hydrogen-bond donors (Lipinski definition) is 1. The van der Waals surface area contributed by atoms with E-state index in [0.29, 0.717) is 5.56 Å². The Morgan fingerprint density at radius 1 is 0.692 bits per heavy atom. The van der Waals surface area contributed by atoms with Gasteiger partial charge in [-0.05, 0) is 95.2 Å². The van der Waals surface area contributed by atoms with E-state index in [0.717, 1.165) is 24.0 Å². The molecule has 4 aromatic carbocycles. The summed E-state index contributed by atoms with van der Waals surface area (Å²) in [5.74, 6) is -0.819. The van der Waals surface area contributed by atoms with Crippen molar-refractivity contribution in [3.8, 4) is 0 Å². The molecule has 0 bridgehead atoms. The first-order valence-electron chi connectivity index (χ1n) is 13.9. The number of benzene rings is 4. The molecule has 0 aromatic heterocycles. The van der Waals surface area contributed by atoms with Crippen LogP contribution in [0.3, 0.4) is 0 Å². The Bertz CT molecular complexity index is 1560. The lowest BCUT2D eigenvalue weighted by Gasteiger charge is -2.34. The Kier molecular flexibility index (Phi) is 5.94. The molecular weight excluding hydrogens is 495 g/mol. The van der Waals surface area contributed by atoms with Crippen LogP contribution < -0.4 is 15.9 Å². The number of rotatable bonds is 4. The van der Waals surface area contributed by atoms with Crippen LogP contribution in [0.15, 0.2) is 84.9 Å². The minimum Gasteiger partial charge on any atom is -0.478 e. The van der Waals surface area contributed by atoms with Gasteiger partial charge in [-0.3, -0.25) is 0 Å². The maximum absolute atomic E-state index is 12.9. The summed E-state index contributed by atoms with van der Waals surface area (Å²) in [6, 6.07) is 30.7. The lowest BCUT2D eigenvalue weighted by atomic mass is 9.71. The Morgan fingerprint density at radius 2 is 1.15 bits per heavy atom. The van der Waals surface area contributed by atoms with Gasteiger partial charge in [-0.15, -0.1) is 0 Å². The van der Waals surface area contributed by atoms with E-state index in [1.165, 1.54) is 38.2 Å². The van der Waals surface area contributed by atoms with Crippen LogP contribution >= 0.6 is 7.92 Å². The van der Waals surface area contributed by atoms with Crippen molar-refractivity contribution in [3.05, 3.63) is 124 Å². The summed E-state index contributed by atoms with van der Waals surface area (Å²) in [6.45, 7) is 13.6. The van der Waals surface area contributed by atoms with Crippen molar-refractivity contribution in [3.63, 3.8) is 0 Å². The van der Waals surface area contributed by atoms with E-state index < -0.39 is 13.9 Å². The standard InChI is InChI=1S/C36H37O2P/c1-23-17-27(33(37)38)31-28(18-23)34(3,4)21-36(31)22-35(5,6)29-19-24(2)20-30(32(29)36)39(25-13-9-7-10-14-25)26-15-11-8-12-16-26/h7-20H,21-22H2,1-6H3,(H,37,38)/t36-/m1/s1. The summed E-state index contributed by atoms with van der Waals surface area (Å²) in [6.07, 6.45) is 1.83. The van der Waals surface area contributed by atoms with Gasteiger partial charge in [0.05, 0.1) is 5.56 Å². The molecule has 0 saturated heterocycles. The quantitative estimate of drug-likeness (QED) is 0.278. The number of aryl methyl sites for hydroxylation is 2. The minimum absolute atomic E-state index is 0.0805. The Hall–Kier alpha value is -3.22. The highest BCUT2D eigenvalue weighted by Crippen LogP contribution is 2.64. The molecule has 0 unspecified atom stereocenters. The minimum atomic E-state index is -0.847. The zero-order valence-electron chi connectivity index (χ0n) is 23.8. The van der Waals surface area contributed by atoms with Gasteiger partial charge in [0.15, 0.2) is 0 Å². The second-order valence-electron chi connectivity index (χ2n) is 13.0. The van der Waals surface area contributed by atoms with Gasteiger partial charge >= 0.3 is 5.97 Å². The molecule has 0 fully saturated rings. The highest BCUT2D eigenvalue weighted by molar-refractivity contribution is 7.80. The van der Waals surface area contributed by atoms with E-state index >= 15 is 0 Å². The number of carboxylic acid groups (broad SMARTS) is 1. The van der Waals surface area contributed by atoms with E-state index in [9.17, 15) is 9.90 Å². The summed E-state index contributed by atoms with van der Waals surface area (Å²) in [4.78, 5) is 12.9. The highest BCUT2D eigenvalue weighted by atomic mass is 31.1. The molecule has 0 aliphatic heterocycles. The topological polar surface area (TPSA) is 37.3 Å². The molecule has 2 aliphatic carbocycles. The fourth-order valence-electron chi connectivity index (χ4n) is 7.81. The van der Waals surface area contributed by atoms with Gasteiger partial charge in [0.2, 0.25) is 0 Å². The van der Waals surface area contributed by atoms with Crippen LogP contribution in [0, 0.1) is 13.8 Å². The average Bonchev–Trinajstić information content (AvgIpc) is 3.24. The first-order chi connectivity index (χ1) is 18.4. The van der Waals surface area contributed by atoms with Crippen LogP contribution in [-0.2, 0) is 16.2 Å². The molecule has 0 saturated carbocycles. The van der Waals surface area contributed by atoms with Crippen molar-refractivity contribution < 1.29 is 9.90 Å². The lowest BCUT2D eigenvalue weighted by molar-refractivity contribution is 0.0694. The van der Waals surface area contributed by atoms with E-state index in [1.54, 1.807) is 0 Å². The van der Waals surface area contributed by atoms with Gasteiger partial charge in [0.25, 0.3) is 0 Å². The molecule has 0 radical (unpaired) electrons. The number of carbonyl (C=O) groups is 1. The van der Waals surface area contributed by atoms with Gasteiger partial charge in [-0.25, -0.2) is 4.79 Å². The molecular formula is C36H37O2P. The third-order valence-electron chi connectivity index (χ3n) is 8.95. The van der Waals surface area contributed by atoms with Gasteiger partial charge < -0.3 is 5.11 Å². The largest absolute Gasteiger partial charge is 0.478 e. The maximum Gasteiger partial charge on any atom is 0.336 e. The number of carboxylic acids is 1. The molecule has 4 aromatic rings. The Labute approximate surface area is 233 Å².